The Hall–Kier alpha value is -1.62. The fraction of sp³-hybridized carbons (Fsp3) is 0.533. The van der Waals surface area contributed by atoms with Crippen LogP contribution in [0.3, 0.4) is 0 Å². The minimum Gasteiger partial charge on any atom is -0.349 e. The van der Waals surface area contributed by atoms with Gasteiger partial charge in [0, 0.05) is 6.04 Å². The van der Waals surface area contributed by atoms with Gasteiger partial charge in [-0.05, 0) is 25.0 Å². The van der Waals surface area contributed by atoms with Crippen molar-refractivity contribution >= 4 is 23.2 Å². The molecule has 21 heavy (non-hydrogen) atoms. The van der Waals surface area contributed by atoms with Gasteiger partial charge in [-0.2, -0.15) is 0 Å². The fourth-order valence-corrected chi connectivity index (χ4v) is 2.48. The van der Waals surface area contributed by atoms with Gasteiger partial charge in [0.1, 0.15) is 10.6 Å². The Morgan fingerprint density at radius 3 is 2.62 bits per heavy atom. The number of hydrogen-bond acceptors (Lipinski definition) is 3. The maximum atomic E-state index is 12.3. The molecule has 1 rings (SSSR count). The second kappa shape index (κ2) is 8.62. The molecule has 0 aliphatic rings. The van der Waals surface area contributed by atoms with Crippen molar-refractivity contribution in [2.45, 2.75) is 52.0 Å². The number of nitro benzene ring substituents is 1. The normalized spacial score (nSPS) is 12.0. The Labute approximate surface area is 129 Å². The van der Waals surface area contributed by atoms with E-state index in [2.05, 4.69) is 12.2 Å². The number of carbonyl (C=O) groups excluding carboxylic acids is 1. The van der Waals surface area contributed by atoms with E-state index in [0.29, 0.717) is 0 Å². The summed E-state index contributed by atoms with van der Waals surface area (Å²) >= 11 is 5.83. The molecule has 6 heteroatoms. The lowest BCUT2D eigenvalue weighted by Crippen LogP contribution is -2.35. The predicted molar refractivity (Wildman–Crippen MR) is 83.8 cm³/mol. The highest BCUT2D eigenvalue weighted by molar-refractivity contribution is 6.33. The van der Waals surface area contributed by atoms with Crippen LogP contribution in [-0.4, -0.2) is 16.9 Å². The molecule has 0 bridgehead atoms. The Balaban J connectivity index is 2.92. The molecule has 0 saturated heterocycles. The first-order chi connectivity index (χ1) is 10.0. The first kappa shape index (κ1) is 17.4. The van der Waals surface area contributed by atoms with Gasteiger partial charge in [-0.15, -0.1) is 0 Å². The summed E-state index contributed by atoms with van der Waals surface area (Å²) in [6.45, 7) is 4.14. The average molecular weight is 313 g/mol. The molecule has 1 aromatic rings. The SMILES string of the molecule is CCCCC(CCC)NC(=O)c1cccc(Cl)c1[N+](=O)[O-]. The number of nitrogens with one attached hydrogen (secondary N) is 1. The zero-order valence-electron chi connectivity index (χ0n) is 12.4. The molecule has 0 saturated carbocycles. The van der Waals surface area contributed by atoms with Crippen LogP contribution in [0.15, 0.2) is 18.2 Å². The van der Waals surface area contributed by atoms with Crippen LogP contribution in [0.25, 0.3) is 0 Å². The summed E-state index contributed by atoms with van der Waals surface area (Å²) in [6.07, 6.45) is 4.76. The molecule has 0 aliphatic heterocycles. The van der Waals surface area contributed by atoms with Crippen LogP contribution in [0.1, 0.15) is 56.3 Å². The average Bonchev–Trinajstić information content (AvgIpc) is 2.44. The highest BCUT2D eigenvalue weighted by Gasteiger charge is 2.24. The first-order valence-corrected chi connectivity index (χ1v) is 7.62. The van der Waals surface area contributed by atoms with Crippen LogP contribution in [0, 0.1) is 10.1 Å². The van der Waals surface area contributed by atoms with Gasteiger partial charge in [-0.3, -0.25) is 14.9 Å². The topological polar surface area (TPSA) is 72.2 Å². The molecule has 1 aromatic carbocycles. The Kier molecular flexibility index (Phi) is 7.15. The number of hydrogen-bond donors (Lipinski definition) is 1. The molecule has 1 unspecified atom stereocenters. The van der Waals surface area contributed by atoms with E-state index in [9.17, 15) is 14.9 Å². The quantitative estimate of drug-likeness (QED) is 0.573. The van der Waals surface area contributed by atoms with Crippen molar-refractivity contribution < 1.29 is 9.72 Å². The molecular formula is C15H21ClN2O3. The van der Waals surface area contributed by atoms with Crippen molar-refractivity contribution in [2.75, 3.05) is 0 Å². The van der Waals surface area contributed by atoms with Crippen molar-refractivity contribution in [1.29, 1.82) is 0 Å². The van der Waals surface area contributed by atoms with Crippen molar-refractivity contribution in [3.05, 3.63) is 38.9 Å². The second-order valence-corrected chi connectivity index (χ2v) is 5.40. The highest BCUT2D eigenvalue weighted by Crippen LogP contribution is 2.28. The van der Waals surface area contributed by atoms with Gasteiger partial charge in [0.25, 0.3) is 5.91 Å². The number of amides is 1. The van der Waals surface area contributed by atoms with E-state index in [-0.39, 0.29) is 22.3 Å². The van der Waals surface area contributed by atoms with Crippen LogP contribution in [0.2, 0.25) is 5.02 Å². The molecule has 0 fully saturated rings. The van der Waals surface area contributed by atoms with E-state index in [0.717, 1.165) is 32.1 Å². The molecule has 5 nitrogen and oxygen atoms in total. The maximum Gasteiger partial charge on any atom is 0.300 e. The number of unbranched alkanes of at least 4 members (excludes halogenated alkanes) is 1. The third kappa shape index (κ3) is 5.01. The van der Waals surface area contributed by atoms with E-state index in [1.807, 2.05) is 6.92 Å². The smallest absolute Gasteiger partial charge is 0.300 e. The van der Waals surface area contributed by atoms with Gasteiger partial charge >= 0.3 is 5.69 Å². The first-order valence-electron chi connectivity index (χ1n) is 7.25. The van der Waals surface area contributed by atoms with E-state index >= 15 is 0 Å². The standard InChI is InChI=1S/C15H21ClN2O3/c1-3-5-8-11(7-4-2)17-15(19)12-9-6-10-13(16)14(12)18(20)21/h6,9-11H,3-5,7-8H2,1-2H3,(H,17,19). The monoisotopic (exact) mass is 312 g/mol. The minimum atomic E-state index is -0.613. The molecule has 0 spiro atoms. The molecule has 1 amide bonds. The number of rotatable bonds is 8. The molecule has 0 aromatic heterocycles. The highest BCUT2D eigenvalue weighted by atomic mass is 35.5. The minimum absolute atomic E-state index is 0.0186. The maximum absolute atomic E-state index is 12.3. The van der Waals surface area contributed by atoms with E-state index in [1.54, 1.807) is 6.07 Å². The summed E-state index contributed by atoms with van der Waals surface area (Å²) in [5, 5.41) is 13.9. The summed E-state index contributed by atoms with van der Waals surface area (Å²) in [5.41, 5.74) is -0.312. The summed E-state index contributed by atoms with van der Waals surface area (Å²) in [6, 6.07) is 4.44. The van der Waals surface area contributed by atoms with Gasteiger partial charge in [-0.1, -0.05) is 50.8 Å². The fourth-order valence-electron chi connectivity index (χ4n) is 2.23. The Morgan fingerprint density at radius 2 is 2.05 bits per heavy atom. The van der Waals surface area contributed by atoms with Crippen LogP contribution in [0.5, 0.6) is 0 Å². The molecular weight excluding hydrogens is 292 g/mol. The number of benzene rings is 1. The summed E-state index contributed by atoms with van der Waals surface area (Å²) in [7, 11) is 0. The van der Waals surface area contributed by atoms with Gasteiger partial charge in [-0.25, -0.2) is 0 Å². The number of halogens is 1. The van der Waals surface area contributed by atoms with Crippen molar-refractivity contribution in [1.82, 2.24) is 5.32 Å². The van der Waals surface area contributed by atoms with Gasteiger partial charge in [0.15, 0.2) is 0 Å². The lowest BCUT2D eigenvalue weighted by Gasteiger charge is -2.18. The van der Waals surface area contributed by atoms with Gasteiger partial charge in [0.05, 0.1) is 4.92 Å². The third-order valence-electron chi connectivity index (χ3n) is 3.29. The summed E-state index contributed by atoms with van der Waals surface area (Å²) in [5.74, 6) is -0.432. The molecule has 116 valence electrons. The predicted octanol–water partition coefficient (Wildman–Crippen LogP) is 4.34. The van der Waals surface area contributed by atoms with Crippen molar-refractivity contribution in [3.8, 4) is 0 Å². The number of para-hydroxylation sites is 1. The van der Waals surface area contributed by atoms with Crippen molar-refractivity contribution in [3.63, 3.8) is 0 Å². The third-order valence-corrected chi connectivity index (χ3v) is 3.60. The number of carbonyl (C=O) groups is 1. The Morgan fingerprint density at radius 1 is 1.33 bits per heavy atom. The lowest BCUT2D eigenvalue weighted by molar-refractivity contribution is -0.385. The zero-order chi connectivity index (χ0) is 15.8. The largest absolute Gasteiger partial charge is 0.349 e. The number of nitrogens with zero attached hydrogens (tertiary/aromatic N) is 1. The molecule has 0 heterocycles. The van der Waals surface area contributed by atoms with Gasteiger partial charge in [0.2, 0.25) is 0 Å². The van der Waals surface area contributed by atoms with Crippen molar-refractivity contribution in [2.24, 2.45) is 0 Å². The zero-order valence-corrected chi connectivity index (χ0v) is 13.2. The summed E-state index contributed by atoms with van der Waals surface area (Å²) < 4.78 is 0. The van der Waals surface area contributed by atoms with Crippen LogP contribution < -0.4 is 5.32 Å². The van der Waals surface area contributed by atoms with E-state index in [4.69, 9.17) is 11.6 Å². The lowest BCUT2D eigenvalue weighted by atomic mass is 10.0. The van der Waals surface area contributed by atoms with Crippen LogP contribution >= 0.6 is 11.6 Å². The van der Waals surface area contributed by atoms with Crippen LogP contribution in [0.4, 0.5) is 5.69 Å². The Bertz CT molecular complexity index is 506. The van der Waals surface area contributed by atoms with Gasteiger partial charge < -0.3 is 5.32 Å². The number of nitro groups is 1. The van der Waals surface area contributed by atoms with E-state index in [1.165, 1.54) is 12.1 Å². The molecule has 0 aliphatic carbocycles. The molecule has 1 atom stereocenters. The molecule has 1 N–H and O–H groups in total. The van der Waals surface area contributed by atoms with E-state index < -0.39 is 10.8 Å². The van der Waals surface area contributed by atoms with Crippen LogP contribution in [-0.2, 0) is 0 Å². The second-order valence-electron chi connectivity index (χ2n) is 4.99. The summed E-state index contributed by atoms with van der Waals surface area (Å²) in [4.78, 5) is 22.8. The molecule has 0 radical (unpaired) electrons.